The van der Waals surface area contributed by atoms with E-state index in [1.165, 1.54) is 11.9 Å². The smallest absolute Gasteiger partial charge is 0.410 e. The lowest BCUT2D eigenvalue weighted by Crippen LogP contribution is -2.29. The molecule has 4 nitrogen and oxygen atoms in total. The predicted molar refractivity (Wildman–Crippen MR) is 39.9 cm³/mol. The van der Waals surface area contributed by atoms with Crippen LogP contribution in [0.2, 0.25) is 0 Å². The second-order valence-corrected chi connectivity index (χ2v) is 2.45. The molecule has 0 bridgehead atoms. The van der Waals surface area contributed by atoms with Gasteiger partial charge in [0.2, 0.25) is 0 Å². The number of nitriles is 1. The zero-order valence-electron chi connectivity index (χ0n) is 7.00. The zero-order chi connectivity index (χ0) is 8.85. The maximum Gasteiger partial charge on any atom is 0.410 e. The molecule has 0 rings (SSSR count). The zero-order valence-corrected chi connectivity index (χ0v) is 7.00. The minimum Gasteiger partial charge on any atom is -0.447 e. The molecule has 62 valence electrons. The molecule has 0 aromatic heterocycles. The van der Waals surface area contributed by atoms with Crippen LogP contribution >= 0.6 is 0 Å². The third-order valence-corrected chi connectivity index (χ3v) is 0.956. The minimum absolute atomic E-state index is 0.0611. The molecule has 0 spiro atoms. The summed E-state index contributed by atoms with van der Waals surface area (Å²) in [6.45, 7) is 3.59. The highest BCUT2D eigenvalue weighted by atomic mass is 16.6. The first-order valence-corrected chi connectivity index (χ1v) is 3.36. The topological polar surface area (TPSA) is 53.3 Å². The van der Waals surface area contributed by atoms with Gasteiger partial charge in [-0.3, -0.25) is 4.90 Å². The molecule has 0 fully saturated rings. The van der Waals surface area contributed by atoms with Gasteiger partial charge < -0.3 is 4.74 Å². The van der Waals surface area contributed by atoms with Crippen LogP contribution in [0.25, 0.3) is 0 Å². The molecule has 0 unspecified atom stereocenters. The number of ether oxygens (including phenoxy) is 1. The highest BCUT2D eigenvalue weighted by Gasteiger charge is 2.09. The fourth-order valence-electron chi connectivity index (χ4n) is 0.462. The Morgan fingerprint density at radius 3 is 2.64 bits per heavy atom. The van der Waals surface area contributed by atoms with E-state index in [0.29, 0.717) is 0 Å². The summed E-state index contributed by atoms with van der Waals surface area (Å²) in [5.41, 5.74) is 0. The van der Waals surface area contributed by atoms with E-state index in [0.717, 1.165) is 0 Å². The predicted octanol–water partition coefficient (Wildman–Crippen LogP) is 0.987. The Morgan fingerprint density at radius 2 is 2.27 bits per heavy atom. The number of carbonyl (C=O) groups is 1. The molecule has 0 aliphatic carbocycles. The van der Waals surface area contributed by atoms with E-state index in [1.54, 1.807) is 13.8 Å². The van der Waals surface area contributed by atoms with Crippen molar-refractivity contribution < 1.29 is 9.53 Å². The van der Waals surface area contributed by atoms with Gasteiger partial charge in [-0.1, -0.05) is 0 Å². The van der Waals surface area contributed by atoms with Crippen molar-refractivity contribution >= 4 is 6.09 Å². The third kappa shape index (κ3) is 4.20. The Hall–Kier alpha value is -1.24. The van der Waals surface area contributed by atoms with Crippen LogP contribution in [-0.2, 0) is 4.74 Å². The fourth-order valence-corrected chi connectivity index (χ4v) is 0.462. The highest BCUT2D eigenvalue weighted by molar-refractivity contribution is 5.67. The van der Waals surface area contributed by atoms with Gasteiger partial charge in [0.05, 0.1) is 12.2 Å². The fraction of sp³-hybridized carbons (Fsp3) is 0.714. The van der Waals surface area contributed by atoms with Crippen LogP contribution < -0.4 is 0 Å². The summed E-state index contributed by atoms with van der Waals surface area (Å²) in [5.74, 6) is 0. The van der Waals surface area contributed by atoms with E-state index in [4.69, 9.17) is 10.00 Å². The molecule has 0 aliphatic heterocycles. The molecular formula is C7H12N2O2. The van der Waals surface area contributed by atoms with E-state index in [-0.39, 0.29) is 12.6 Å². The molecule has 0 radical (unpaired) electrons. The highest BCUT2D eigenvalue weighted by Crippen LogP contribution is 1.94. The van der Waals surface area contributed by atoms with Crippen LogP contribution in [-0.4, -0.2) is 30.7 Å². The molecule has 0 atom stereocenters. The Morgan fingerprint density at radius 1 is 1.73 bits per heavy atom. The van der Waals surface area contributed by atoms with Crippen LogP contribution in [0.1, 0.15) is 13.8 Å². The Labute approximate surface area is 66.4 Å². The second-order valence-electron chi connectivity index (χ2n) is 2.45. The summed E-state index contributed by atoms with van der Waals surface area (Å²) >= 11 is 0. The van der Waals surface area contributed by atoms with Crippen molar-refractivity contribution in [3.05, 3.63) is 0 Å². The molecule has 4 heteroatoms. The number of hydrogen-bond acceptors (Lipinski definition) is 3. The Bertz CT molecular complexity index is 172. The van der Waals surface area contributed by atoms with Gasteiger partial charge in [-0.25, -0.2) is 4.79 Å². The molecule has 0 aliphatic rings. The lowest BCUT2D eigenvalue weighted by Gasteiger charge is -2.14. The van der Waals surface area contributed by atoms with Gasteiger partial charge in [-0.2, -0.15) is 5.26 Å². The van der Waals surface area contributed by atoms with Gasteiger partial charge in [0.15, 0.2) is 0 Å². The van der Waals surface area contributed by atoms with E-state index in [2.05, 4.69) is 0 Å². The lowest BCUT2D eigenvalue weighted by atomic mass is 10.5. The normalized spacial score (nSPS) is 9.00. The van der Waals surface area contributed by atoms with E-state index >= 15 is 0 Å². The summed E-state index contributed by atoms with van der Waals surface area (Å²) in [4.78, 5) is 12.1. The molecular weight excluding hydrogens is 144 g/mol. The average Bonchev–Trinajstić information content (AvgIpc) is 1.86. The summed E-state index contributed by atoms with van der Waals surface area (Å²) in [6.07, 6.45) is -0.592. The van der Waals surface area contributed by atoms with E-state index in [9.17, 15) is 4.79 Å². The minimum atomic E-state index is -0.457. The Balaban J connectivity index is 3.75. The number of rotatable bonds is 2. The molecule has 0 aromatic rings. The second kappa shape index (κ2) is 4.56. The van der Waals surface area contributed by atoms with Crippen LogP contribution in [0.15, 0.2) is 0 Å². The van der Waals surface area contributed by atoms with Crippen LogP contribution in [0.4, 0.5) is 4.79 Å². The van der Waals surface area contributed by atoms with E-state index in [1.807, 2.05) is 6.07 Å². The van der Waals surface area contributed by atoms with Gasteiger partial charge in [-0.05, 0) is 13.8 Å². The standard InChI is InChI=1S/C7H12N2O2/c1-6(2)11-7(10)9(3)5-4-8/h6H,5H2,1-3H3. The third-order valence-electron chi connectivity index (χ3n) is 0.956. The molecule has 1 amide bonds. The number of hydrogen-bond donors (Lipinski definition) is 0. The summed E-state index contributed by atoms with van der Waals surface area (Å²) < 4.78 is 4.80. The van der Waals surface area contributed by atoms with Crippen LogP contribution in [0.5, 0.6) is 0 Å². The molecule has 0 heterocycles. The summed E-state index contributed by atoms with van der Waals surface area (Å²) in [5, 5.41) is 8.22. The van der Waals surface area contributed by atoms with Gasteiger partial charge in [0, 0.05) is 7.05 Å². The molecule has 0 saturated carbocycles. The number of carbonyl (C=O) groups excluding carboxylic acids is 1. The molecule has 0 saturated heterocycles. The first-order chi connectivity index (χ1) is 5.07. The first kappa shape index (κ1) is 9.76. The SMILES string of the molecule is CC(C)OC(=O)N(C)CC#N. The summed E-state index contributed by atoms with van der Waals surface area (Å²) in [7, 11) is 1.52. The molecule has 0 N–H and O–H groups in total. The lowest BCUT2D eigenvalue weighted by molar-refractivity contribution is 0.0873. The maximum absolute atomic E-state index is 10.9. The van der Waals surface area contributed by atoms with E-state index < -0.39 is 6.09 Å². The van der Waals surface area contributed by atoms with Crippen molar-refractivity contribution in [2.24, 2.45) is 0 Å². The van der Waals surface area contributed by atoms with Gasteiger partial charge in [0.25, 0.3) is 0 Å². The van der Waals surface area contributed by atoms with Gasteiger partial charge in [0.1, 0.15) is 6.54 Å². The van der Waals surface area contributed by atoms with Crippen molar-refractivity contribution in [3.8, 4) is 6.07 Å². The monoisotopic (exact) mass is 156 g/mol. The molecule has 11 heavy (non-hydrogen) atoms. The van der Waals surface area contributed by atoms with Crippen molar-refractivity contribution in [1.29, 1.82) is 5.26 Å². The number of nitrogens with zero attached hydrogens (tertiary/aromatic N) is 2. The van der Waals surface area contributed by atoms with Crippen molar-refractivity contribution in [1.82, 2.24) is 4.90 Å². The van der Waals surface area contributed by atoms with Crippen molar-refractivity contribution in [2.45, 2.75) is 20.0 Å². The maximum atomic E-state index is 10.9. The van der Waals surface area contributed by atoms with Crippen molar-refractivity contribution in [2.75, 3.05) is 13.6 Å². The van der Waals surface area contributed by atoms with Crippen molar-refractivity contribution in [3.63, 3.8) is 0 Å². The quantitative estimate of drug-likeness (QED) is 0.560. The first-order valence-electron chi connectivity index (χ1n) is 3.36. The average molecular weight is 156 g/mol. The van der Waals surface area contributed by atoms with Gasteiger partial charge >= 0.3 is 6.09 Å². The number of amides is 1. The Kier molecular flexibility index (Phi) is 4.04. The largest absolute Gasteiger partial charge is 0.447 e. The van der Waals surface area contributed by atoms with Gasteiger partial charge in [-0.15, -0.1) is 0 Å². The van der Waals surface area contributed by atoms with Crippen LogP contribution in [0, 0.1) is 11.3 Å². The summed E-state index contributed by atoms with van der Waals surface area (Å²) in [6, 6.07) is 1.85. The molecule has 0 aromatic carbocycles. The van der Waals surface area contributed by atoms with Crippen LogP contribution in [0.3, 0.4) is 0 Å².